The molecule has 0 amide bonds. The summed E-state index contributed by atoms with van der Waals surface area (Å²) >= 11 is 9.72. The average molecular weight is 403 g/mol. The molecular formula is C20H17BrClNO. The van der Waals surface area contributed by atoms with E-state index in [1.54, 1.807) is 0 Å². The lowest BCUT2D eigenvalue weighted by molar-refractivity contribution is 0.303. The van der Waals surface area contributed by atoms with Gasteiger partial charge in [-0.15, -0.1) is 0 Å². The van der Waals surface area contributed by atoms with Crippen molar-refractivity contribution in [3.63, 3.8) is 0 Å². The van der Waals surface area contributed by atoms with Crippen LogP contribution in [0.2, 0.25) is 5.02 Å². The molecule has 0 unspecified atom stereocenters. The van der Waals surface area contributed by atoms with Gasteiger partial charge in [0.2, 0.25) is 0 Å². The first kappa shape index (κ1) is 16.9. The summed E-state index contributed by atoms with van der Waals surface area (Å²) in [7, 11) is 0. The first-order chi connectivity index (χ1) is 11.7. The van der Waals surface area contributed by atoms with Gasteiger partial charge in [-0.3, -0.25) is 0 Å². The number of para-hydroxylation sites is 1. The summed E-state index contributed by atoms with van der Waals surface area (Å²) < 4.78 is 7.03. The van der Waals surface area contributed by atoms with Gasteiger partial charge in [0.1, 0.15) is 12.4 Å². The van der Waals surface area contributed by atoms with Crippen LogP contribution < -0.4 is 10.1 Å². The Morgan fingerprint density at radius 2 is 1.62 bits per heavy atom. The molecule has 2 nitrogen and oxygen atoms in total. The summed E-state index contributed by atoms with van der Waals surface area (Å²) in [6.45, 7) is 1.13. The van der Waals surface area contributed by atoms with E-state index in [1.165, 1.54) is 0 Å². The Hall–Kier alpha value is -1.97. The van der Waals surface area contributed by atoms with Crippen molar-refractivity contribution >= 4 is 33.2 Å². The monoisotopic (exact) mass is 401 g/mol. The Kier molecular flexibility index (Phi) is 5.78. The van der Waals surface area contributed by atoms with Gasteiger partial charge in [0, 0.05) is 32.9 Å². The number of hydrogen-bond acceptors (Lipinski definition) is 2. The van der Waals surface area contributed by atoms with Crippen LogP contribution in [0.5, 0.6) is 5.75 Å². The molecule has 0 bridgehead atoms. The lowest BCUT2D eigenvalue weighted by Gasteiger charge is -2.14. The van der Waals surface area contributed by atoms with Crippen LogP contribution in [-0.2, 0) is 13.2 Å². The molecule has 0 aliphatic heterocycles. The predicted molar refractivity (Wildman–Crippen MR) is 104 cm³/mol. The molecule has 3 aromatic rings. The van der Waals surface area contributed by atoms with Crippen molar-refractivity contribution < 1.29 is 4.74 Å². The molecule has 0 saturated heterocycles. The van der Waals surface area contributed by atoms with E-state index in [-0.39, 0.29) is 0 Å². The normalized spacial score (nSPS) is 10.4. The number of hydrogen-bond donors (Lipinski definition) is 1. The largest absolute Gasteiger partial charge is 0.488 e. The van der Waals surface area contributed by atoms with Crippen molar-refractivity contribution in [1.82, 2.24) is 0 Å². The molecule has 0 radical (unpaired) electrons. The van der Waals surface area contributed by atoms with Crippen molar-refractivity contribution in [3.05, 3.63) is 93.4 Å². The van der Waals surface area contributed by atoms with Crippen LogP contribution in [0.1, 0.15) is 11.1 Å². The summed E-state index contributed by atoms with van der Waals surface area (Å²) in [4.78, 5) is 0. The van der Waals surface area contributed by atoms with Crippen LogP contribution >= 0.6 is 27.5 Å². The third kappa shape index (κ3) is 4.53. The van der Waals surface area contributed by atoms with Crippen LogP contribution in [0.4, 0.5) is 5.69 Å². The third-order valence-corrected chi connectivity index (χ3v) is 4.48. The Morgan fingerprint density at radius 3 is 2.42 bits per heavy atom. The third-order valence-electron chi connectivity index (χ3n) is 3.62. The fourth-order valence-corrected chi connectivity index (χ4v) is 2.95. The van der Waals surface area contributed by atoms with Crippen LogP contribution in [-0.4, -0.2) is 0 Å². The lowest BCUT2D eigenvalue weighted by atomic mass is 10.2. The van der Waals surface area contributed by atoms with Crippen molar-refractivity contribution in [2.45, 2.75) is 13.2 Å². The minimum Gasteiger partial charge on any atom is -0.488 e. The van der Waals surface area contributed by atoms with E-state index in [9.17, 15) is 0 Å². The number of benzene rings is 3. The molecule has 0 atom stereocenters. The van der Waals surface area contributed by atoms with Crippen molar-refractivity contribution in [2.24, 2.45) is 0 Å². The molecule has 0 spiro atoms. The topological polar surface area (TPSA) is 21.3 Å². The maximum absolute atomic E-state index is 6.20. The molecule has 3 aromatic carbocycles. The lowest BCUT2D eigenvalue weighted by Crippen LogP contribution is -2.04. The Morgan fingerprint density at radius 1 is 0.875 bits per heavy atom. The molecular weight excluding hydrogens is 386 g/mol. The van der Waals surface area contributed by atoms with Crippen LogP contribution in [0.3, 0.4) is 0 Å². The smallest absolute Gasteiger partial charge is 0.124 e. The van der Waals surface area contributed by atoms with E-state index in [0.717, 1.165) is 32.1 Å². The fourth-order valence-electron chi connectivity index (χ4n) is 2.35. The Bertz CT molecular complexity index is 808. The zero-order valence-corrected chi connectivity index (χ0v) is 15.3. The summed E-state index contributed by atoms with van der Waals surface area (Å²) in [5.41, 5.74) is 3.14. The van der Waals surface area contributed by atoms with Crippen LogP contribution in [0.25, 0.3) is 0 Å². The number of halogens is 2. The van der Waals surface area contributed by atoms with Gasteiger partial charge >= 0.3 is 0 Å². The summed E-state index contributed by atoms with van der Waals surface area (Å²) in [6.07, 6.45) is 0. The molecule has 24 heavy (non-hydrogen) atoms. The standard InChI is InChI=1S/C20H17BrClNO/c21-17-10-11-20(24-14-15-6-4-5-9-19(15)22)16(12-17)13-23-18-7-2-1-3-8-18/h1-12,23H,13-14H2. The highest BCUT2D eigenvalue weighted by Crippen LogP contribution is 2.26. The summed E-state index contributed by atoms with van der Waals surface area (Å²) in [5, 5.41) is 4.13. The molecule has 1 N–H and O–H groups in total. The zero-order valence-electron chi connectivity index (χ0n) is 13.0. The van der Waals surface area contributed by atoms with Crippen molar-refractivity contribution in [2.75, 3.05) is 5.32 Å². The molecule has 122 valence electrons. The van der Waals surface area contributed by atoms with Crippen LogP contribution in [0.15, 0.2) is 77.3 Å². The SMILES string of the molecule is Clc1ccccc1COc1ccc(Br)cc1CNc1ccccc1. The second-order valence-corrected chi connectivity index (χ2v) is 6.67. The number of anilines is 1. The molecule has 3 rings (SSSR count). The van der Waals surface area contributed by atoms with Crippen molar-refractivity contribution in [1.29, 1.82) is 0 Å². The molecule has 0 aromatic heterocycles. The second kappa shape index (κ2) is 8.22. The molecule has 0 aliphatic rings. The quantitative estimate of drug-likeness (QED) is 0.523. The van der Waals surface area contributed by atoms with Gasteiger partial charge < -0.3 is 10.1 Å². The highest BCUT2D eigenvalue weighted by molar-refractivity contribution is 9.10. The first-order valence-corrected chi connectivity index (χ1v) is 8.83. The predicted octanol–water partition coefficient (Wildman–Crippen LogP) is 6.29. The second-order valence-electron chi connectivity index (χ2n) is 5.35. The van der Waals surface area contributed by atoms with E-state index in [4.69, 9.17) is 16.3 Å². The highest BCUT2D eigenvalue weighted by atomic mass is 79.9. The maximum atomic E-state index is 6.20. The summed E-state index contributed by atoms with van der Waals surface area (Å²) in [5.74, 6) is 0.849. The number of rotatable bonds is 6. The molecule has 0 aliphatic carbocycles. The van der Waals surface area contributed by atoms with E-state index in [0.29, 0.717) is 13.2 Å². The Balaban J connectivity index is 1.72. The van der Waals surface area contributed by atoms with Crippen LogP contribution in [0, 0.1) is 0 Å². The van der Waals surface area contributed by atoms with E-state index >= 15 is 0 Å². The highest BCUT2D eigenvalue weighted by Gasteiger charge is 2.07. The van der Waals surface area contributed by atoms with Gasteiger partial charge in [-0.2, -0.15) is 0 Å². The van der Waals surface area contributed by atoms with Gasteiger partial charge in [0.25, 0.3) is 0 Å². The number of nitrogens with one attached hydrogen (secondary N) is 1. The first-order valence-electron chi connectivity index (χ1n) is 7.66. The molecule has 4 heteroatoms. The molecule has 0 heterocycles. The van der Waals surface area contributed by atoms with Gasteiger partial charge in [0.05, 0.1) is 0 Å². The zero-order chi connectivity index (χ0) is 16.8. The minimum absolute atomic E-state index is 0.444. The van der Waals surface area contributed by atoms with Gasteiger partial charge in [-0.1, -0.05) is 63.9 Å². The van der Waals surface area contributed by atoms with Crippen molar-refractivity contribution in [3.8, 4) is 5.75 Å². The van der Waals surface area contributed by atoms with Gasteiger partial charge in [-0.25, -0.2) is 0 Å². The number of ether oxygens (including phenoxy) is 1. The molecule has 0 saturated carbocycles. The van der Waals surface area contributed by atoms with Gasteiger partial charge in [-0.05, 0) is 36.4 Å². The maximum Gasteiger partial charge on any atom is 0.124 e. The van der Waals surface area contributed by atoms with E-state index < -0.39 is 0 Å². The fraction of sp³-hybridized carbons (Fsp3) is 0.100. The molecule has 0 fully saturated rings. The van der Waals surface area contributed by atoms with E-state index in [2.05, 4.69) is 27.3 Å². The summed E-state index contributed by atoms with van der Waals surface area (Å²) in [6, 6.07) is 23.9. The minimum atomic E-state index is 0.444. The van der Waals surface area contributed by atoms with Gasteiger partial charge in [0.15, 0.2) is 0 Å². The van der Waals surface area contributed by atoms with E-state index in [1.807, 2.05) is 66.7 Å². The average Bonchev–Trinajstić information content (AvgIpc) is 2.61. The Labute approximate surface area is 155 Å².